The Kier molecular flexibility index (Phi) is 20.7. The molecule has 0 radical (unpaired) electrons. The van der Waals surface area contributed by atoms with Crippen LogP contribution in [0.25, 0.3) is 0 Å². The standard InChI is InChI=1S/C25H51NO2/c1-4-7-10-12-14-16-18-21-26(22-19-17-15-13-11-8-5-2)24(20-9-6-3)23-25(27)28/h24H,4-23H2,1-3H3,(H,27,28). The maximum atomic E-state index is 11.4. The molecule has 0 aliphatic carbocycles. The van der Waals surface area contributed by atoms with E-state index in [4.69, 9.17) is 0 Å². The van der Waals surface area contributed by atoms with E-state index in [0.29, 0.717) is 6.42 Å². The molecule has 1 atom stereocenters. The van der Waals surface area contributed by atoms with Gasteiger partial charge < -0.3 is 5.11 Å². The van der Waals surface area contributed by atoms with E-state index in [2.05, 4.69) is 25.7 Å². The summed E-state index contributed by atoms with van der Waals surface area (Å²) < 4.78 is 0. The first-order valence-corrected chi connectivity index (χ1v) is 12.6. The zero-order valence-electron chi connectivity index (χ0n) is 19.5. The first kappa shape index (κ1) is 27.4. The minimum atomic E-state index is -0.634. The van der Waals surface area contributed by atoms with Crippen LogP contribution < -0.4 is 0 Å². The van der Waals surface area contributed by atoms with Gasteiger partial charge in [-0.2, -0.15) is 0 Å². The van der Waals surface area contributed by atoms with E-state index in [1.165, 1.54) is 89.9 Å². The predicted octanol–water partition coefficient (Wildman–Crippen LogP) is 7.82. The third kappa shape index (κ3) is 17.5. The third-order valence-electron chi connectivity index (χ3n) is 5.92. The van der Waals surface area contributed by atoms with E-state index in [0.717, 1.165) is 32.4 Å². The normalized spacial score (nSPS) is 12.6. The quantitative estimate of drug-likeness (QED) is 0.189. The Morgan fingerprint density at radius 2 is 1.04 bits per heavy atom. The van der Waals surface area contributed by atoms with Gasteiger partial charge in [0.2, 0.25) is 0 Å². The molecular formula is C25H51NO2. The summed E-state index contributed by atoms with van der Waals surface area (Å²) in [5, 5.41) is 9.39. The summed E-state index contributed by atoms with van der Waals surface area (Å²) in [6.45, 7) is 8.91. The summed E-state index contributed by atoms with van der Waals surface area (Å²) in [5.74, 6) is -0.634. The van der Waals surface area contributed by atoms with Crippen molar-refractivity contribution < 1.29 is 9.90 Å². The molecule has 0 fully saturated rings. The van der Waals surface area contributed by atoms with E-state index in [1.807, 2.05) is 0 Å². The van der Waals surface area contributed by atoms with Crippen LogP contribution in [-0.2, 0) is 4.79 Å². The molecule has 0 aromatic carbocycles. The van der Waals surface area contributed by atoms with Crippen LogP contribution in [-0.4, -0.2) is 35.1 Å². The number of nitrogens with zero attached hydrogens (tertiary/aromatic N) is 1. The van der Waals surface area contributed by atoms with Crippen LogP contribution >= 0.6 is 0 Å². The second kappa shape index (κ2) is 21.1. The van der Waals surface area contributed by atoms with Crippen molar-refractivity contribution in [2.24, 2.45) is 0 Å². The highest BCUT2D eigenvalue weighted by atomic mass is 16.4. The highest BCUT2D eigenvalue weighted by Crippen LogP contribution is 2.17. The minimum Gasteiger partial charge on any atom is -0.481 e. The summed E-state index contributed by atoms with van der Waals surface area (Å²) >= 11 is 0. The molecule has 0 bridgehead atoms. The summed E-state index contributed by atoms with van der Waals surface area (Å²) in [4.78, 5) is 13.9. The average molecular weight is 398 g/mol. The van der Waals surface area contributed by atoms with Crippen LogP contribution in [0.2, 0.25) is 0 Å². The van der Waals surface area contributed by atoms with Gasteiger partial charge in [0.05, 0.1) is 6.42 Å². The van der Waals surface area contributed by atoms with Crippen LogP contribution in [0.3, 0.4) is 0 Å². The maximum Gasteiger partial charge on any atom is 0.304 e. The van der Waals surface area contributed by atoms with Gasteiger partial charge in [-0.3, -0.25) is 9.69 Å². The van der Waals surface area contributed by atoms with E-state index in [-0.39, 0.29) is 6.04 Å². The lowest BCUT2D eigenvalue weighted by Crippen LogP contribution is -2.38. The van der Waals surface area contributed by atoms with Gasteiger partial charge in [-0.15, -0.1) is 0 Å². The van der Waals surface area contributed by atoms with Crippen molar-refractivity contribution in [1.82, 2.24) is 4.90 Å². The Morgan fingerprint density at radius 3 is 1.43 bits per heavy atom. The molecule has 3 nitrogen and oxygen atoms in total. The van der Waals surface area contributed by atoms with Crippen molar-refractivity contribution in [3.8, 4) is 0 Å². The predicted molar refractivity (Wildman–Crippen MR) is 123 cm³/mol. The monoisotopic (exact) mass is 397 g/mol. The lowest BCUT2D eigenvalue weighted by molar-refractivity contribution is -0.138. The summed E-state index contributed by atoms with van der Waals surface area (Å²) in [6, 6.07) is 0.234. The molecule has 0 amide bonds. The van der Waals surface area contributed by atoms with E-state index >= 15 is 0 Å². The lowest BCUT2D eigenvalue weighted by atomic mass is 10.0. The Morgan fingerprint density at radius 1 is 0.643 bits per heavy atom. The molecule has 0 heterocycles. The third-order valence-corrected chi connectivity index (χ3v) is 5.92. The molecule has 0 spiro atoms. The Hall–Kier alpha value is -0.570. The summed E-state index contributed by atoms with van der Waals surface area (Å²) in [7, 11) is 0. The molecule has 0 aromatic heterocycles. The van der Waals surface area contributed by atoms with Gasteiger partial charge >= 0.3 is 5.97 Å². The van der Waals surface area contributed by atoms with Gasteiger partial charge in [0.25, 0.3) is 0 Å². The van der Waals surface area contributed by atoms with Crippen molar-refractivity contribution in [3.63, 3.8) is 0 Å². The molecule has 0 saturated carbocycles. The molecular weight excluding hydrogens is 346 g/mol. The molecule has 1 unspecified atom stereocenters. The van der Waals surface area contributed by atoms with Crippen molar-refractivity contribution in [2.45, 2.75) is 142 Å². The zero-order valence-corrected chi connectivity index (χ0v) is 19.5. The van der Waals surface area contributed by atoms with Gasteiger partial charge in [-0.05, 0) is 32.4 Å². The summed E-state index contributed by atoms with van der Waals surface area (Å²) in [5.41, 5.74) is 0. The van der Waals surface area contributed by atoms with Crippen LogP contribution in [0.1, 0.15) is 136 Å². The van der Waals surface area contributed by atoms with Crippen LogP contribution in [0.5, 0.6) is 0 Å². The minimum absolute atomic E-state index is 0.234. The number of hydrogen-bond acceptors (Lipinski definition) is 2. The zero-order chi connectivity index (χ0) is 20.9. The number of carboxylic acids is 1. The highest BCUT2D eigenvalue weighted by Gasteiger charge is 2.20. The van der Waals surface area contributed by atoms with Crippen molar-refractivity contribution >= 4 is 5.97 Å². The van der Waals surface area contributed by atoms with Crippen molar-refractivity contribution in [3.05, 3.63) is 0 Å². The number of aliphatic carboxylic acids is 1. The Labute approximate surface area is 176 Å². The molecule has 0 rings (SSSR count). The van der Waals surface area contributed by atoms with Gasteiger partial charge in [0.15, 0.2) is 0 Å². The van der Waals surface area contributed by atoms with Crippen molar-refractivity contribution in [2.75, 3.05) is 13.1 Å². The molecule has 0 aliphatic heterocycles. The average Bonchev–Trinajstić information content (AvgIpc) is 2.68. The summed E-state index contributed by atoms with van der Waals surface area (Å²) in [6.07, 6.45) is 22.2. The fraction of sp³-hybridized carbons (Fsp3) is 0.960. The van der Waals surface area contributed by atoms with Crippen LogP contribution in [0.15, 0.2) is 0 Å². The Balaban J connectivity index is 4.34. The maximum absolute atomic E-state index is 11.4. The molecule has 0 aromatic rings. The van der Waals surface area contributed by atoms with Crippen LogP contribution in [0, 0.1) is 0 Å². The smallest absolute Gasteiger partial charge is 0.304 e. The van der Waals surface area contributed by atoms with Gasteiger partial charge in [0, 0.05) is 6.04 Å². The SMILES string of the molecule is CCCCCCCCCN(CCCCCCCCC)C(CCCC)CC(=O)O. The molecule has 0 saturated heterocycles. The van der Waals surface area contributed by atoms with Gasteiger partial charge in [0.1, 0.15) is 0 Å². The largest absolute Gasteiger partial charge is 0.481 e. The topological polar surface area (TPSA) is 40.5 Å². The molecule has 3 heteroatoms. The number of unbranched alkanes of at least 4 members (excludes halogenated alkanes) is 13. The fourth-order valence-electron chi connectivity index (χ4n) is 4.08. The number of carboxylic acid groups (broad SMARTS) is 1. The van der Waals surface area contributed by atoms with Crippen molar-refractivity contribution in [1.29, 1.82) is 0 Å². The second-order valence-electron chi connectivity index (χ2n) is 8.67. The molecule has 1 N–H and O–H groups in total. The first-order valence-electron chi connectivity index (χ1n) is 12.6. The van der Waals surface area contributed by atoms with Gasteiger partial charge in [-0.1, -0.05) is 111 Å². The van der Waals surface area contributed by atoms with Gasteiger partial charge in [-0.25, -0.2) is 0 Å². The Bertz CT molecular complexity index is 315. The lowest BCUT2D eigenvalue weighted by Gasteiger charge is -2.31. The fourth-order valence-corrected chi connectivity index (χ4v) is 4.08. The highest BCUT2D eigenvalue weighted by molar-refractivity contribution is 5.67. The van der Waals surface area contributed by atoms with Crippen LogP contribution in [0.4, 0.5) is 0 Å². The van der Waals surface area contributed by atoms with E-state index in [1.54, 1.807) is 0 Å². The van der Waals surface area contributed by atoms with E-state index in [9.17, 15) is 9.90 Å². The number of rotatable bonds is 22. The first-order chi connectivity index (χ1) is 13.7. The number of carbonyl (C=O) groups is 1. The second-order valence-corrected chi connectivity index (χ2v) is 8.67. The molecule has 168 valence electrons. The van der Waals surface area contributed by atoms with E-state index < -0.39 is 5.97 Å². The molecule has 28 heavy (non-hydrogen) atoms. The number of hydrogen-bond donors (Lipinski definition) is 1. The molecule has 0 aliphatic rings.